The second-order valence-corrected chi connectivity index (χ2v) is 6.41. The van der Waals surface area contributed by atoms with Crippen molar-refractivity contribution < 1.29 is 0 Å². The first-order valence-electron chi connectivity index (χ1n) is 8.83. The van der Waals surface area contributed by atoms with Crippen LogP contribution in [0, 0.1) is 5.92 Å². The van der Waals surface area contributed by atoms with Crippen molar-refractivity contribution in [2.24, 2.45) is 11.7 Å². The summed E-state index contributed by atoms with van der Waals surface area (Å²) in [5.74, 6) is 0.899. The average molecular weight is 284 g/mol. The molecule has 3 heteroatoms. The summed E-state index contributed by atoms with van der Waals surface area (Å²) in [4.78, 5) is 5.21. The van der Waals surface area contributed by atoms with Crippen LogP contribution in [-0.4, -0.2) is 54.6 Å². The smallest absolute Gasteiger partial charge is 0.0334 e. The molecule has 1 fully saturated rings. The van der Waals surface area contributed by atoms with Crippen LogP contribution in [0.2, 0.25) is 0 Å². The Hall–Kier alpha value is -0.120. The zero-order valence-electron chi connectivity index (χ0n) is 14.3. The minimum absolute atomic E-state index is 0.304. The maximum Gasteiger partial charge on any atom is 0.0334 e. The van der Waals surface area contributed by atoms with Crippen LogP contribution in [0.3, 0.4) is 0 Å². The van der Waals surface area contributed by atoms with Crippen molar-refractivity contribution in [1.29, 1.82) is 0 Å². The molecule has 1 saturated carbocycles. The van der Waals surface area contributed by atoms with Crippen LogP contribution < -0.4 is 5.73 Å². The zero-order valence-corrected chi connectivity index (χ0v) is 14.3. The quantitative estimate of drug-likeness (QED) is 0.669. The highest BCUT2D eigenvalue weighted by Crippen LogP contribution is 2.39. The van der Waals surface area contributed by atoms with E-state index < -0.39 is 0 Å². The molecule has 1 aliphatic rings. The molecule has 1 aliphatic carbocycles. The largest absolute Gasteiger partial charge is 0.329 e. The van der Waals surface area contributed by atoms with Crippen LogP contribution in [0.1, 0.15) is 59.8 Å². The van der Waals surface area contributed by atoms with E-state index in [-0.39, 0.29) is 0 Å². The van der Waals surface area contributed by atoms with E-state index in [4.69, 9.17) is 5.73 Å². The van der Waals surface area contributed by atoms with Gasteiger partial charge in [-0.15, -0.1) is 0 Å². The monoisotopic (exact) mass is 283 g/mol. The molecule has 0 radical (unpaired) electrons. The van der Waals surface area contributed by atoms with Gasteiger partial charge in [0.1, 0.15) is 0 Å². The van der Waals surface area contributed by atoms with Crippen LogP contribution >= 0.6 is 0 Å². The molecular weight excluding hydrogens is 246 g/mol. The van der Waals surface area contributed by atoms with E-state index in [1.807, 2.05) is 0 Å². The summed E-state index contributed by atoms with van der Waals surface area (Å²) in [5.41, 5.74) is 6.50. The summed E-state index contributed by atoms with van der Waals surface area (Å²) in [6, 6.07) is 0. The van der Waals surface area contributed by atoms with E-state index in [1.165, 1.54) is 58.3 Å². The average Bonchev–Trinajstić information content (AvgIpc) is 2.92. The molecule has 0 saturated heterocycles. The Bertz CT molecular complexity index is 253. The Morgan fingerprint density at radius 2 is 1.75 bits per heavy atom. The molecule has 0 aromatic rings. The molecule has 1 rings (SSSR count). The molecule has 0 aromatic carbocycles. The first-order chi connectivity index (χ1) is 9.65. The molecule has 0 spiro atoms. The molecule has 0 aliphatic heterocycles. The van der Waals surface area contributed by atoms with Crippen LogP contribution in [0.25, 0.3) is 0 Å². The summed E-state index contributed by atoms with van der Waals surface area (Å²) >= 11 is 0. The fraction of sp³-hybridized carbons (Fsp3) is 1.00. The zero-order chi connectivity index (χ0) is 15.0. The van der Waals surface area contributed by atoms with Gasteiger partial charge in [-0.2, -0.15) is 0 Å². The molecule has 3 nitrogen and oxygen atoms in total. The van der Waals surface area contributed by atoms with Crippen LogP contribution in [0.4, 0.5) is 0 Å². The van der Waals surface area contributed by atoms with Gasteiger partial charge in [0.2, 0.25) is 0 Å². The Labute approximate surface area is 126 Å². The number of nitrogens with two attached hydrogens (primary N) is 1. The first kappa shape index (κ1) is 17.9. The summed E-state index contributed by atoms with van der Waals surface area (Å²) in [7, 11) is 0. The highest BCUT2D eigenvalue weighted by molar-refractivity contribution is 4.98. The summed E-state index contributed by atoms with van der Waals surface area (Å²) < 4.78 is 0. The van der Waals surface area contributed by atoms with Crippen molar-refractivity contribution in [1.82, 2.24) is 9.80 Å². The molecule has 20 heavy (non-hydrogen) atoms. The number of hydrogen-bond donors (Lipinski definition) is 1. The van der Waals surface area contributed by atoms with Gasteiger partial charge in [-0.1, -0.05) is 34.1 Å². The van der Waals surface area contributed by atoms with Crippen molar-refractivity contribution in [2.45, 2.75) is 65.3 Å². The van der Waals surface area contributed by atoms with Gasteiger partial charge in [-0.05, 0) is 64.3 Å². The van der Waals surface area contributed by atoms with Crippen molar-refractivity contribution in [2.75, 3.05) is 39.3 Å². The summed E-state index contributed by atoms with van der Waals surface area (Å²) in [5, 5.41) is 0. The Morgan fingerprint density at radius 1 is 1.05 bits per heavy atom. The highest BCUT2D eigenvalue weighted by Gasteiger charge is 2.41. The molecular formula is C17H37N3. The lowest BCUT2D eigenvalue weighted by Crippen LogP contribution is -2.52. The second-order valence-electron chi connectivity index (χ2n) is 6.41. The summed E-state index contributed by atoms with van der Waals surface area (Å²) in [6.45, 7) is 15.9. The van der Waals surface area contributed by atoms with Crippen molar-refractivity contribution in [3.63, 3.8) is 0 Å². The predicted octanol–water partition coefficient (Wildman–Crippen LogP) is 2.95. The number of hydrogen-bond acceptors (Lipinski definition) is 3. The number of rotatable bonds is 10. The first-order valence-corrected chi connectivity index (χ1v) is 8.83. The molecule has 0 heterocycles. The van der Waals surface area contributed by atoms with Gasteiger partial charge in [0, 0.05) is 12.1 Å². The van der Waals surface area contributed by atoms with Crippen LogP contribution in [0.15, 0.2) is 0 Å². The Balaban J connectivity index is 2.51. The van der Waals surface area contributed by atoms with Crippen molar-refractivity contribution in [3.05, 3.63) is 0 Å². The Morgan fingerprint density at radius 3 is 2.20 bits per heavy atom. The minimum atomic E-state index is 0.304. The third kappa shape index (κ3) is 4.44. The van der Waals surface area contributed by atoms with E-state index in [1.54, 1.807) is 0 Å². The van der Waals surface area contributed by atoms with Crippen LogP contribution in [-0.2, 0) is 0 Å². The van der Waals surface area contributed by atoms with E-state index in [0.29, 0.717) is 5.54 Å². The van der Waals surface area contributed by atoms with Gasteiger partial charge in [0.15, 0.2) is 0 Å². The van der Waals surface area contributed by atoms with E-state index in [9.17, 15) is 0 Å². The van der Waals surface area contributed by atoms with E-state index in [2.05, 4.69) is 37.5 Å². The van der Waals surface area contributed by atoms with E-state index in [0.717, 1.165) is 19.0 Å². The predicted molar refractivity (Wildman–Crippen MR) is 89.1 cm³/mol. The van der Waals surface area contributed by atoms with Gasteiger partial charge in [-0.25, -0.2) is 0 Å². The second kappa shape index (κ2) is 9.01. The number of likely N-dealkylation sites (N-methyl/N-ethyl adjacent to an activating group) is 1. The number of nitrogens with zero attached hydrogens (tertiary/aromatic N) is 2. The van der Waals surface area contributed by atoms with Crippen LogP contribution in [0.5, 0.6) is 0 Å². The molecule has 2 N–H and O–H groups in total. The standard InChI is InChI=1S/C17H37N3/c1-5-16-10-11-17(14-16,15-18)20(8-4)13-9-12-19(6-2)7-3/h16H,5-15,18H2,1-4H3. The molecule has 0 aromatic heterocycles. The molecule has 2 unspecified atom stereocenters. The summed E-state index contributed by atoms with van der Waals surface area (Å²) in [6.07, 6.45) is 6.59. The van der Waals surface area contributed by atoms with Gasteiger partial charge in [0.25, 0.3) is 0 Å². The fourth-order valence-corrected chi connectivity index (χ4v) is 3.92. The fourth-order valence-electron chi connectivity index (χ4n) is 3.92. The molecule has 0 bridgehead atoms. The minimum Gasteiger partial charge on any atom is -0.329 e. The highest BCUT2D eigenvalue weighted by atomic mass is 15.2. The maximum absolute atomic E-state index is 6.19. The lowest BCUT2D eigenvalue weighted by Gasteiger charge is -2.41. The van der Waals surface area contributed by atoms with Crippen molar-refractivity contribution in [3.8, 4) is 0 Å². The van der Waals surface area contributed by atoms with Gasteiger partial charge in [0.05, 0.1) is 0 Å². The molecule has 0 amide bonds. The lowest BCUT2D eigenvalue weighted by molar-refractivity contribution is 0.0949. The van der Waals surface area contributed by atoms with Gasteiger partial charge >= 0.3 is 0 Å². The third-order valence-electron chi connectivity index (χ3n) is 5.49. The van der Waals surface area contributed by atoms with E-state index >= 15 is 0 Å². The topological polar surface area (TPSA) is 32.5 Å². The van der Waals surface area contributed by atoms with Gasteiger partial charge in [-0.3, -0.25) is 4.90 Å². The molecule has 120 valence electrons. The Kier molecular flexibility index (Phi) is 8.08. The maximum atomic E-state index is 6.19. The lowest BCUT2D eigenvalue weighted by atomic mass is 9.92. The SMILES string of the molecule is CCC1CCC(CN)(N(CC)CCCN(CC)CC)C1. The third-order valence-corrected chi connectivity index (χ3v) is 5.49. The van der Waals surface area contributed by atoms with Gasteiger partial charge < -0.3 is 10.6 Å². The molecule has 2 atom stereocenters. The van der Waals surface area contributed by atoms with Crippen molar-refractivity contribution >= 4 is 0 Å². The normalized spacial score (nSPS) is 26.9.